The van der Waals surface area contributed by atoms with Crippen molar-refractivity contribution >= 4 is 24.6 Å². The number of carbonyl (C=O) groups is 2. The van der Waals surface area contributed by atoms with Crippen LogP contribution in [-0.2, 0) is 34.9 Å². The van der Waals surface area contributed by atoms with Gasteiger partial charge in [0.25, 0.3) is 0 Å². The molecule has 2 aliphatic rings. The molecule has 0 aromatic heterocycles. The van der Waals surface area contributed by atoms with E-state index in [2.05, 4.69) is 5.32 Å². The summed E-state index contributed by atoms with van der Waals surface area (Å²) in [7, 11) is -0.407. The third kappa shape index (κ3) is 7.95. The molecule has 1 aromatic carbocycles. The summed E-state index contributed by atoms with van der Waals surface area (Å²) < 4.78 is 29.0. The molecule has 1 saturated carbocycles. The molecule has 1 aliphatic heterocycles. The summed E-state index contributed by atoms with van der Waals surface area (Å²) in [6.45, 7) is 14.1. The Balaban J connectivity index is 1.50. The minimum Gasteiger partial charge on any atom is -0.461 e. The fourth-order valence-corrected chi connectivity index (χ4v) is 4.09. The molecule has 1 aromatic rings. The van der Waals surface area contributed by atoms with Gasteiger partial charge in [-0.15, -0.1) is 0 Å². The van der Waals surface area contributed by atoms with Gasteiger partial charge in [0.15, 0.2) is 0 Å². The molecule has 1 N–H and O–H groups in total. The third-order valence-electron chi connectivity index (χ3n) is 6.89. The Morgan fingerprint density at radius 1 is 1.06 bits per heavy atom. The summed E-state index contributed by atoms with van der Waals surface area (Å²) in [4.78, 5) is 25.0. The van der Waals surface area contributed by atoms with Gasteiger partial charge in [-0.2, -0.15) is 0 Å². The Bertz CT molecular complexity index is 872. The molecule has 0 radical (unpaired) electrons. The second kappa shape index (κ2) is 11.5. The summed E-state index contributed by atoms with van der Waals surface area (Å²) in [6, 6.07) is 7.08. The van der Waals surface area contributed by atoms with Crippen molar-refractivity contribution in [3.8, 4) is 0 Å². The maximum Gasteiger partial charge on any atom is 0.494 e. The number of amides is 1. The highest BCUT2D eigenvalue weighted by Crippen LogP contribution is 2.36. The van der Waals surface area contributed by atoms with Crippen molar-refractivity contribution in [2.24, 2.45) is 0 Å². The molecule has 9 heteroatoms. The summed E-state index contributed by atoms with van der Waals surface area (Å²) >= 11 is 0. The molecule has 1 aliphatic carbocycles. The number of rotatable bonds is 9. The van der Waals surface area contributed by atoms with Crippen molar-refractivity contribution in [3.05, 3.63) is 29.8 Å². The van der Waals surface area contributed by atoms with Gasteiger partial charge < -0.3 is 28.8 Å². The zero-order valence-electron chi connectivity index (χ0n) is 22.8. The van der Waals surface area contributed by atoms with Crippen LogP contribution < -0.4 is 10.8 Å². The second-order valence-electron chi connectivity index (χ2n) is 11.7. The molecule has 1 amide bonds. The van der Waals surface area contributed by atoms with E-state index >= 15 is 0 Å². The Kier molecular flexibility index (Phi) is 9.12. The first kappa shape index (κ1) is 28.5. The van der Waals surface area contributed by atoms with Crippen LogP contribution in [0.5, 0.6) is 0 Å². The lowest BCUT2D eigenvalue weighted by atomic mass is 9.79. The SMILES string of the molecule is CC(C)(C)OC(=O)N[C@@H](CCOCc1ccc(B2OC(C)(C)C(C)(C)O2)cc1)C(=O)OC1CCCC1. The number of ether oxygens (including phenoxy) is 3. The summed E-state index contributed by atoms with van der Waals surface area (Å²) in [6.07, 6.45) is 3.40. The van der Waals surface area contributed by atoms with Crippen LogP contribution in [0.2, 0.25) is 0 Å². The van der Waals surface area contributed by atoms with Crippen molar-refractivity contribution in [1.29, 1.82) is 0 Å². The minimum absolute atomic E-state index is 0.0798. The first-order chi connectivity index (χ1) is 16.8. The van der Waals surface area contributed by atoms with Crippen molar-refractivity contribution in [3.63, 3.8) is 0 Å². The maximum absolute atomic E-state index is 12.7. The van der Waals surface area contributed by atoms with Gasteiger partial charge in [0.05, 0.1) is 17.8 Å². The molecule has 1 saturated heterocycles. The first-order valence-corrected chi connectivity index (χ1v) is 13.0. The third-order valence-corrected chi connectivity index (χ3v) is 6.89. The van der Waals surface area contributed by atoms with E-state index in [1.807, 2.05) is 52.0 Å². The van der Waals surface area contributed by atoms with Crippen molar-refractivity contribution in [2.45, 2.75) is 116 Å². The molecule has 0 unspecified atom stereocenters. The topological polar surface area (TPSA) is 92.3 Å². The molecule has 0 spiro atoms. The van der Waals surface area contributed by atoms with Gasteiger partial charge in [0, 0.05) is 13.0 Å². The predicted octanol–water partition coefficient (Wildman–Crippen LogP) is 4.27. The number of esters is 1. The van der Waals surface area contributed by atoms with E-state index in [0.29, 0.717) is 6.61 Å². The highest BCUT2D eigenvalue weighted by molar-refractivity contribution is 6.62. The molecule has 1 heterocycles. The van der Waals surface area contributed by atoms with E-state index in [9.17, 15) is 9.59 Å². The molecule has 0 bridgehead atoms. The lowest BCUT2D eigenvalue weighted by molar-refractivity contribution is -0.151. The van der Waals surface area contributed by atoms with Crippen LogP contribution in [0.4, 0.5) is 4.79 Å². The first-order valence-electron chi connectivity index (χ1n) is 13.0. The van der Waals surface area contributed by atoms with Crippen LogP contribution in [0.25, 0.3) is 0 Å². The molecule has 2 fully saturated rings. The smallest absolute Gasteiger partial charge is 0.461 e. The largest absolute Gasteiger partial charge is 0.494 e. The van der Waals surface area contributed by atoms with E-state index in [-0.39, 0.29) is 30.3 Å². The molecule has 200 valence electrons. The van der Waals surface area contributed by atoms with Crippen LogP contribution in [0, 0.1) is 0 Å². The van der Waals surface area contributed by atoms with Gasteiger partial charge in [-0.25, -0.2) is 9.59 Å². The zero-order valence-corrected chi connectivity index (χ0v) is 22.8. The van der Waals surface area contributed by atoms with Crippen LogP contribution >= 0.6 is 0 Å². The van der Waals surface area contributed by atoms with Gasteiger partial charge in [-0.3, -0.25) is 0 Å². The number of hydrogen-bond acceptors (Lipinski definition) is 7. The molecule has 8 nitrogen and oxygen atoms in total. The number of alkyl carbamates (subject to hydrolysis) is 1. The number of nitrogens with one attached hydrogen (secondary N) is 1. The lowest BCUT2D eigenvalue weighted by Crippen LogP contribution is -2.45. The Hall–Kier alpha value is -2.10. The van der Waals surface area contributed by atoms with E-state index < -0.39 is 30.8 Å². The fraction of sp³-hybridized carbons (Fsp3) is 0.704. The van der Waals surface area contributed by atoms with E-state index in [1.54, 1.807) is 20.8 Å². The van der Waals surface area contributed by atoms with Gasteiger partial charge in [-0.05, 0) is 85.2 Å². The summed E-state index contributed by atoms with van der Waals surface area (Å²) in [5, 5.41) is 2.65. The van der Waals surface area contributed by atoms with Gasteiger partial charge in [-0.1, -0.05) is 24.3 Å². The lowest BCUT2D eigenvalue weighted by Gasteiger charge is -2.32. The summed E-state index contributed by atoms with van der Waals surface area (Å²) in [5.41, 5.74) is 0.506. The number of carbonyl (C=O) groups excluding carboxylic acids is 2. The van der Waals surface area contributed by atoms with Crippen molar-refractivity contribution < 1.29 is 33.1 Å². The highest BCUT2D eigenvalue weighted by atomic mass is 16.7. The van der Waals surface area contributed by atoms with Crippen LogP contribution in [0.3, 0.4) is 0 Å². The molecule has 1 atom stereocenters. The second-order valence-corrected chi connectivity index (χ2v) is 11.7. The standard InChI is InChI=1S/C27H42BNO7/c1-25(2,3)34-24(31)29-22(23(30)33-21-10-8-9-11-21)16-17-32-18-19-12-14-20(15-13-19)28-35-26(4,5)27(6,7)36-28/h12-15,21-22H,8-11,16-18H2,1-7H3,(H,29,31)/t22-/m0/s1. The molecular weight excluding hydrogens is 461 g/mol. The van der Waals surface area contributed by atoms with Crippen LogP contribution in [0.1, 0.15) is 86.1 Å². The Labute approximate surface area is 215 Å². The van der Waals surface area contributed by atoms with Gasteiger partial charge in [0.1, 0.15) is 17.7 Å². The average Bonchev–Trinajstić information content (AvgIpc) is 3.34. The summed E-state index contributed by atoms with van der Waals surface area (Å²) in [5.74, 6) is -0.442. The molecule has 36 heavy (non-hydrogen) atoms. The Morgan fingerprint density at radius 3 is 2.19 bits per heavy atom. The zero-order chi connectivity index (χ0) is 26.6. The van der Waals surface area contributed by atoms with E-state index in [1.165, 1.54) is 0 Å². The van der Waals surface area contributed by atoms with Crippen LogP contribution in [0.15, 0.2) is 24.3 Å². The average molecular weight is 503 g/mol. The highest BCUT2D eigenvalue weighted by Gasteiger charge is 2.51. The Morgan fingerprint density at radius 2 is 1.64 bits per heavy atom. The molecule has 3 rings (SSSR count). The quantitative estimate of drug-likeness (QED) is 0.306. The normalized spacial score (nSPS) is 20.2. The molecular formula is C27H42BNO7. The monoisotopic (exact) mass is 503 g/mol. The predicted molar refractivity (Wildman–Crippen MR) is 138 cm³/mol. The van der Waals surface area contributed by atoms with E-state index in [4.69, 9.17) is 23.5 Å². The number of benzene rings is 1. The van der Waals surface area contributed by atoms with Crippen LogP contribution in [-0.4, -0.2) is 54.7 Å². The van der Waals surface area contributed by atoms with Crippen molar-refractivity contribution in [2.75, 3.05) is 6.61 Å². The van der Waals surface area contributed by atoms with Crippen molar-refractivity contribution in [1.82, 2.24) is 5.32 Å². The maximum atomic E-state index is 12.7. The van der Waals surface area contributed by atoms with Gasteiger partial charge >= 0.3 is 19.2 Å². The van der Waals surface area contributed by atoms with Gasteiger partial charge in [0.2, 0.25) is 0 Å². The minimum atomic E-state index is -0.828. The van der Waals surface area contributed by atoms with E-state index in [0.717, 1.165) is 36.7 Å². The number of hydrogen-bond donors (Lipinski definition) is 1. The fourth-order valence-electron chi connectivity index (χ4n) is 4.09.